The van der Waals surface area contributed by atoms with Crippen LogP contribution in [0.25, 0.3) is 0 Å². The maximum absolute atomic E-state index is 13.4. The smallest absolute Gasteiger partial charge is 0.326 e. The Morgan fingerprint density at radius 3 is 2.80 bits per heavy atom. The first-order valence-electron chi connectivity index (χ1n) is 6.38. The van der Waals surface area contributed by atoms with Crippen molar-refractivity contribution in [1.29, 1.82) is 0 Å². The number of halogens is 1. The maximum Gasteiger partial charge on any atom is 0.326 e. The molecule has 6 heteroatoms. The van der Waals surface area contributed by atoms with Gasteiger partial charge in [-0.15, -0.1) is 0 Å². The predicted octanol–water partition coefficient (Wildman–Crippen LogP) is 1.49. The van der Waals surface area contributed by atoms with Crippen LogP contribution in [0, 0.1) is 18.7 Å². The monoisotopic (exact) mass is 281 g/mol. The number of amides is 1. The average Bonchev–Trinajstić information content (AvgIpc) is 3.21. The van der Waals surface area contributed by atoms with E-state index >= 15 is 0 Å². The van der Waals surface area contributed by atoms with Gasteiger partial charge in [0.25, 0.3) is 5.91 Å². The molecule has 0 aromatic heterocycles. The number of aryl methyl sites for hydroxylation is 1. The van der Waals surface area contributed by atoms with Crippen LogP contribution < -0.4 is 10.1 Å². The van der Waals surface area contributed by atoms with Gasteiger partial charge >= 0.3 is 5.97 Å². The fraction of sp³-hybridized carbons (Fsp3) is 0.429. The highest BCUT2D eigenvalue weighted by atomic mass is 19.1. The van der Waals surface area contributed by atoms with Gasteiger partial charge in [-0.05, 0) is 43.4 Å². The molecule has 1 aliphatic carbocycles. The molecule has 1 amide bonds. The number of carbonyl (C=O) groups is 2. The highest BCUT2D eigenvalue weighted by Crippen LogP contribution is 2.32. The molecule has 2 N–H and O–H groups in total. The van der Waals surface area contributed by atoms with E-state index in [4.69, 9.17) is 9.84 Å². The summed E-state index contributed by atoms with van der Waals surface area (Å²) in [7, 11) is 0. The van der Waals surface area contributed by atoms with Crippen molar-refractivity contribution in [3.05, 3.63) is 29.6 Å². The van der Waals surface area contributed by atoms with E-state index in [2.05, 4.69) is 5.32 Å². The highest BCUT2D eigenvalue weighted by molar-refractivity contribution is 5.84. The van der Waals surface area contributed by atoms with Crippen molar-refractivity contribution in [1.82, 2.24) is 5.32 Å². The first-order valence-corrected chi connectivity index (χ1v) is 6.38. The quantitative estimate of drug-likeness (QED) is 0.828. The molecule has 1 fully saturated rings. The first kappa shape index (κ1) is 14.3. The molecule has 1 unspecified atom stereocenters. The van der Waals surface area contributed by atoms with Crippen LogP contribution in [-0.2, 0) is 9.59 Å². The minimum Gasteiger partial charge on any atom is -0.481 e. The summed E-state index contributed by atoms with van der Waals surface area (Å²) < 4.78 is 18.5. The number of hydrogen-bond acceptors (Lipinski definition) is 3. The van der Waals surface area contributed by atoms with Gasteiger partial charge in [-0.3, -0.25) is 4.79 Å². The summed E-state index contributed by atoms with van der Waals surface area (Å²) in [5.41, 5.74) is 0.809. The summed E-state index contributed by atoms with van der Waals surface area (Å²) in [5, 5.41) is 11.4. The number of carbonyl (C=O) groups excluding carboxylic acids is 1. The molecule has 0 heterocycles. The molecule has 108 valence electrons. The third kappa shape index (κ3) is 3.69. The van der Waals surface area contributed by atoms with Crippen LogP contribution in [0.4, 0.5) is 4.39 Å². The molecular formula is C14H16FNO4. The van der Waals surface area contributed by atoms with Gasteiger partial charge in [-0.25, -0.2) is 9.18 Å². The lowest BCUT2D eigenvalue weighted by Crippen LogP contribution is -2.44. The van der Waals surface area contributed by atoms with Gasteiger partial charge in [0.1, 0.15) is 6.04 Å². The maximum atomic E-state index is 13.4. The fourth-order valence-corrected chi connectivity index (χ4v) is 1.89. The van der Waals surface area contributed by atoms with Crippen molar-refractivity contribution >= 4 is 11.9 Å². The third-order valence-corrected chi connectivity index (χ3v) is 3.12. The standard InChI is InChI=1S/C14H16FNO4/c1-8-2-5-10(15)11(6-8)20-7-12(17)16-13(14(18)19)9-3-4-9/h2,5-6,9,13H,3-4,7H2,1H3,(H,16,17)(H,18,19). The number of carboxylic acids is 1. The summed E-state index contributed by atoms with van der Waals surface area (Å²) in [4.78, 5) is 22.6. The number of aliphatic carboxylic acids is 1. The van der Waals surface area contributed by atoms with Crippen molar-refractivity contribution in [2.24, 2.45) is 5.92 Å². The average molecular weight is 281 g/mol. The van der Waals surface area contributed by atoms with Crippen molar-refractivity contribution in [3.8, 4) is 5.75 Å². The van der Waals surface area contributed by atoms with E-state index in [1.165, 1.54) is 12.1 Å². The van der Waals surface area contributed by atoms with Crippen LogP contribution in [0.15, 0.2) is 18.2 Å². The Balaban J connectivity index is 1.88. The minimum atomic E-state index is -1.05. The number of benzene rings is 1. The van der Waals surface area contributed by atoms with Gasteiger partial charge in [0.15, 0.2) is 18.2 Å². The molecule has 20 heavy (non-hydrogen) atoms. The van der Waals surface area contributed by atoms with Crippen LogP contribution in [0.2, 0.25) is 0 Å². The lowest BCUT2D eigenvalue weighted by molar-refractivity contribution is -0.142. The number of nitrogens with one attached hydrogen (secondary N) is 1. The zero-order chi connectivity index (χ0) is 14.7. The normalized spacial score (nSPS) is 15.5. The molecule has 1 atom stereocenters. The first-order chi connectivity index (χ1) is 9.47. The Hall–Kier alpha value is -2.11. The predicted molar refractivity (Wildman–Crippen MR) is 68.9 cm³/mol. The Kier molecular flexibility index (Phi) is 4.22. The zero-order valence-corrected chi connectivity index (χ0v) is 11.1. The van der Waals surface area contributed by atoms with Crippen LogP contribution in [0.5, 0.6) is 5.75 Å². The summed E-state index contributed by atoms with van der Waals surface area (Å²) in [6.07, 6.45) is 1.59. The molecule has 5 nitrogen and oxygen atoms in total. The van der Waals surface area contributed by atoms with Gasteiger partial charge in [-0.1, -0.05) is 6.07 Å². The summed E-state index contributed by atoms with van der Waals surface area (Å²) >= 11 is 0. The number of carboxylic acid groups (broad SMARTS) is 1. The van der Waals surface area contributed by atoms with Crippen molar-refractivity contribution in [2.75, 3.05) is 6.61 Å². The van der Waals surface area contributed by atoms with E-state index in [1.54, 1.807) is 13.0 Å². The van der Waals surface area contributed by atoms with Gasteiger partial charge in [0, 0.05) is 0 Å². The lowest BCUT2D eigenvalue weighted by Gasteiger charge is -2.14. The summed E-state index contributed by atoms with van der Waals surface area (Å²) in [6, 6.07) is 3.45. The Morgan fingerprint density at radius 2 is 2.20 bits per heavy atom. The van der Waals surface area contributed by atoms with Crippen LogP contribution in [0.1, 0.15) is 18.4 Å². The third-order valence-electron chi connectivity index (χ3n) is 3.12. The van der Waals surface area contributed by atoms with E-state index in [-0.39, 0.29) is 11.7 Å². The van der Waals surface area contributed by atoms with Crippen LogP contribution in [-0.4, -0.2) is 29.6 Å². The molecule has 2 rings (SSSR count). The van der Waals surface area contributed by atoms with E-state index in [1.807, 2.05) is 0 Å². The van der Waals surface area contributed by atoms with Crippen LogP contribution >= 0.6 is 0 Å². The van der Waals surface area contributed by atoms with Crippen molar-refractivity contribution < 1.29 is 23.8 Å². The second-order valence-electron chi connectivity index (χ2n) is 4.94. The molecule has 0 saturated heterocycles. The molecule has 0 bridgehead atoms. The molecule has 1 aromatic carbocycles. The molecule has 0 radical (unpaired) electrons. The highest BCUT2D eigenvalue weighted by Gasteiger charge is 2.37. The summed E-state index contributed by atoms with van der Waals surface area (Å²) in [5.74, 6) is -2.20. The van der Waals surface area contributed by atoms with Gasteiger partial charge in [-0.2, -0.15) is 0 Å². The minimum absolute atomic E-state index is 0.00726. The number of hydrogen-bond donors (Lipinski definition) is 2. The Bertz CT molecular complexity index is 528. The zero-order valence-electron chi connectivity index (χ0n) is 11.1. The van der Waals surface area contributed by atoms with Gasteiger partial charge in [0.05, 0.1) is 0 Å². The molecule has 1 saturated carbocycles. The van der Waals surface area contributed by atoms with E-state index in [0.717, 1.165) is 18.4 Å². The van der Waals surface area contributed by atoms with Crippen molar-refractivity contribution in [2.45, 2.75) is 25.8 Å². The Morgan fingerprint density at radius 1 is 1.50 bits per heavy atom. The van der Waals surface area contributed by atoms with Gasteiger partial charge in [0.2, 0.25) is 0 Å². The second kappa shape index (κ2) is 5.90. The molecule has 1 aromatic rings. The van der Waals surface area contributed by atoms with E-state index in [0.29, 0.717) is 0 Å². The van der Waals surface area contributed by atoms with E-state index < -0.39 is 30.3 Å². The number of ether oxygens (including phenoxy) is 1. The fourth-order valence-electron chi connectivity index (χ4n) is 1.89. The topological polar surface area (TPSA) is 75.6 Å². The SMILES string of the molecule is Cc1ccc(F)c(OCC(=O)NC(C(=O)O)C2CC2)c1. The van der Waals surface area contributed by atoms with Crippen LogP contribution in [0.3, 0.4) is 0 Å². The molecule has 0 aliphatic heterocycles. The second-order valence-corrected chi connectivity index (χ2v) is 4.94. The lowest BCUT2D eigenvalue weighted by atomic mass is 10.2. The molecule has 0 spiro atoms. The van der Waals surface area contributed by atoms with E-state index in [9.17, 15) is 14.0 Å². The van der Waals surface area contributed by atoms with Crippen molar-refractivity contribution in [3.63, 3.8) is 0 Å². The number of rotatable bonds is 6. The molecular weight excluding hydrogens is 265 g/mol. The Labute approximate surface area is 115 Å². The van der Waals surface area contributed by atoms with Gasteiger partial charge < -0.3 is 15.2 Å². The molecule has 1 aliphatic rings. The summed E-state index contributed by atoms with van der Waals surface area (Å²) in [6.45, 7) is 1.37. The largest absolute Gasteiger partial charge is 0.481 e.